The Morgan fingerprint density at radius 1 is 1.19 bits per heavy atom. The smallest absolute Gasteiger partial charge is 0.251 e. The number of nitrogens with zero attached hydrogens (tertiary/aromatic N) is 1. The summed E-state index contributed by atoms with van der Waals surface area (Å²) in [5.41, 5.74) is 2.88. The zero-order chi connectivity index (χ0) is 19.4. The molecule has 0 aliphatic carbocycles. The summed E-state index contributed by atoms with van der Waals surface area (Å²) in [6.45, 7) is 1.94. The lowest BCUT2D eigenvalue weighted by Gasteiger charge is -2.30. The highest BCUT2D eigenvalue weighted by Gasteiger charge is 2.29. The first-order valence-corrected chi connectivity index (χ1v) is 8.80. The summed E-state index contributed by atoms with van der Waals surface area (Å²) in [5.74, 6) is 0.211. The maximum absolute atomic E-state index is 13.2. The van der Waals surface area contributed by atoms with Gasteiger partial charge in [0.1, 0.15) is 11.6 Å². The van der Waals surface area contributed by atoms with Crippen LogP contribution in [0.2, 0.25) is 0 Å². The molecule has 0 saturated carbocycles. The van der Waals surface area contributed by atoms with Gasteiger partial charge in [0.15, 0.2) is 6.04 Å². The minimum Gasteiger partial charge on any atom is -0.498 e. The van der Waals surface area contributed by atoms with Gasteiger partial charge < -0.3 is 15.0 Å². The fraction of sp³-hybridized carbons (Fsp3) is 0.227. The second-order valence-corrected chi connectivity index (χ2v) is 6.55. The molecule has 0 radical (unpaired) electrons. The number of nitrogens with one attached hydrogen (secondary N) is 1. The fourth-order valence-corrected chi connectivity index (χ4v) is 3.15. The summed E-state index contributed by atoms with van der Waals surface area (Å²) in [6.07, 6.45) is 5.48. The van der Waals surface area contributed by atoms with E-state index in [1.165, 1.54) is 12.1 Å². The molecule has 27 heavy (non-hydrogen) atoms. The van der Waals surface area contributed by atoms with Gasteiger partial charge in [0, 0.05) is 13.2 Å². The molecular formula is C22H23FN2O2. The van der Waals surface area contributed by atoms with Gasteiger partial charge in [-0.25, -0.2) is 4.39 Å². The van der Waals surface area contributed by atoms with Gasteiger partial charge in [-0.05, 0) is 54.0 Å². The molecule has 0 spiro atoms. The van der Waals surface area contributed by atoms with E-state index in [1.54, 1.807) is 25.3 Å². The van der Waals surface area contributed by atoms with Crippen LogP contribution in [0.1, 0.15) is 18.5 Å². The highest BCUT2D eigenvalue weighted by atomic mass is 19.1. The van der Waals surface area contributed by atoms with E-state index < -0.39 is 6.04 Å². The molecule has 0 fully saturated rings. The molecule has 5 heteroatoms. The van der Waals surface area contributed by atoms with Crippen molar-refractivity contribution in [1.29, 1.82) is 0 Å². The van der Waals surface area contributed by atoms with Crippen molar-refractivity contribution in [2.75, 3.05) is 14.2 Å². The van der Waals surface area contributed by atoms with Crippen molar-refractivity contribution in [3.63, 3.8) is 0 Å². The second kappa shape index (κ2) is 8.08. The summed E-state index contributed by atoms with van der Waals surface area (Å²) in [4.78, 5) is 14.6. The molecule has 1 heterocycles. The second-order valence-electron chi connectivity index (χ2n) is 6.55. The topological polar surface area (TPSA) is 41.6 Å². The maximum atomic E-state index is 13.2. The van der Waals surface area contributed by atoms with Crippen molar-refractivity contribution in [3.05, 3.63) is 84.0 Å². The Kier molecular flexibility index (Phi) is 5.60. The molecule has 140 valence electrons. The predicted octanol–water partition coefficient (Wildman–Crippen LogP) is 4.03. The normalized spacial score (nSPS) is 17.3. The lowest BCUT2D eigenvalue weighted by molar-refractivity contribution is -0.125. The highest BCUT2D eigenvalue weighted by Crippen LogP contribution is 2.24. The number of amides is 1. The quantitative estimate of drug-likeness (QED) is 0.869. The number of hydrogen-bond donors (Lipinski definition) is 1. The fourth-order valence-electron chi connectivity index (χ4n) is 3.15. The monoisotopic (exact) mass is 366 g/mol. The molecule has 4 nitrogen and oxygen atoms in total. The molecule has 2 aromatic carbocycles. The zero-order valence-electron chi connectivity index (χ0n) is 15.6. The number of halogens is 1. The third-order valence-electron chi connectivity index (χ3n) is 4.67. The van der Waals surface area contributed by atoms with Crippen LogP contribution in [0.5, 0.6) is 0 Å². The van der Waals surface area contributed by atoms with Crippen molar-refractivity contribution < 1.29 is 13.9 Å². The van der Waals surface area contributed by atoms with Crippen LogP contribution in [-0.2, 0) is 9.53 Å². The number of benzene rings is 2. The predicted molar refractivity (Wildman–Crippen MR) is 104 cm³/mol. The standard InChI is InChI=1S/C22H23FN2O2/c1-15(24-22(26)21-20(27-3)8-5-13-25(21)2)17-6-4-7-18(14-17)16-9-11-19(23)12-10-16/h4-15,21H,1-3H3,(H,24,26). The lowest BCUT2D eigenvalue weighted by Crippen LogP contribution is -2.46. The van der Waals surface area contributed by atoms with E-state index in [4.69, 9.17) is 4.74 Å². The third kappa shape index (κ3) is 4.19. The zero-order valence-corrected chi connectivity index (χ0v) is 15.6. The molecular weight excluding hydrogens is 343 g/mol. The minimum atomic E-state index is -0.497. The van der Waals surface area contributed by atoms with Gasteiger partial charge in [0.2, 0.25) is 0 Å². The molecule has 1 amide bonds. The van der Waals surface area contributed by atoms with Crippen molar-refractivity contribution >= 4 is 5.91 Å². The molecule has 0 saturated heterocycles. The molecule has 1 aliphatic heterocycles. The van der Waals surface area contributed by atoms with Crippen LogP contribution in [-0.4, -0.2) is 31.0 Å². The Morgan fingerprint density at radius 2 is 1.93 bits per heavy atom. The summed E-state index contributed by atoms with van der Waals surface area (Å²) >= 11 is 0. The first-order valence-electron chi connectivity index (χ1n) is 8.80. The first kappa shape index (κ1) is 18.7. The number of allylic oxidation sites excluding steroid dienone is 2. The number of carbonyl (C=O) groups excluding carboxylic acids is 1. The van der Waals surface area contributed by atoms with Crippen LogP contribution in [0.3, 0.4) is 0 Å². The van der Waals surface area contributed by atoms with Gasteiger partial charge in [-0.3, -0.25) is 4.79 Å². The Labute approximate surface area is 159 Å². The molecule has 0 aromatic heterocycles. The molecule has 0 bridgehead atoms. The van der Waals surface area contributed by atoms with Crippen molar-refractivity contribution in [1.82, 2.24) is 10.2 Å². The van der Waals surface area contributed by atoms with Crippen molar-refractivity contribution in [3.8, 4) is 11.1 Å². The van der Waals surface area contributed by atoms with E-state index in [0.717, 1.165) is 16.7 Å². The van der Waals surface area contributed by atoms with E-state index in [2.05, 4.69) is 5.32 Å². The third-order valence-corrected chi connectivity index (χ3v) is 4.67. The number of hydrogen-bond acceptors (Lipinski definition) is 3. The highest BCUT2D eigenvalue weighted by molar-refractivity contribution is 5.85. The lowest BCUT2D eigenvalue weighted by atomic mass is 9.99. The van der Waals surface area contributed by atoms with Gasteiger partial charge in [-0.15, -0.1) is 0 Å². The molecule has 2 atom stereocenters. The average molecular weight is 366 g/mol. The summed E-state index contributed by atoms with van der Waals surface area (Å²) in [7, 11) is 3.40. The average Bonchev–Trinajstić information content (AvgIpc) is 2.68. The number of ether oxygens (including phenoxy) is 1. The maximum Gasteiger partial charge on any atom is 0.251 e. The van der Waals surface area contributed by atoms with Gasteiger partial charge in [-0.2, -0.15) is 0 Å². The van der Waals surface area contributed by atoms with Gasteiger partial charge in [-0.1, -0.05) is 30.3 Å². The van der Waals surface area contributed by atoms with Crippen LogP contribution >= 0.6 is 0 Å². The SMILES string of the molecule is COC1=CC=CN(C)C1C(=O)NC(C)c1cccc(-c2ccc(F)cc2)c1. The van der Waals surface area contributed by atoms with Crippen LogP contribution in [0.4, 0.5) is 4.39 Å². The van der Waals surface area contributed by atoms with Gasteiger partial charge in [0.25, 0.3) is 5.91 Å². The Balaban J connectivity index is 1.76. The van der Waals surface area contributed by atoms with Crippen LogP contribution in [0, 0.1) is 5.82 Å². The molecule has 1 aliphatic rings. The molecule has 2 aromatic rings. The summed E-state index contributed by atoms with van der Waals surface area (Å²) in [5, 5.41) is 3.05. The largest absolute Gasteiger partial charge is 0.498 e. The number of likely N-dealkylation sites (N-methyl/N-ethyl adjacent to an activating group) is 1. The summed E-state index contributed by atoms with van der Waals surface area (Å²) < 4.78 is 18.5. The Morgan fingerprint density at radius 3 is 2.63 bits per heavy atom. The molecule has 3 rings (SSSR count). The van der Waals surface area contributed by atoms with Crippen molar-refractivity contribution in [2.45, 2.75) is 19.0 Å². The van der Waals surface area contributed by atoms with Crippen LogP contribution in [0.25, 0.3) is 11.1 Å². The van der Waals surface area contributed by atoms with E-state index in [9.17, 15) is 9.18 Å². The molecule has 1 N–H and O–H groups in total. The minimum absolute atomic E-state index is 0.130. The Bertz CT molecular complexity index is 874. The first-order chi connectivity index (χ1) is 13.0. The van der Waals surface area contributed by atoms with Crippen molar-refractivity contribution in [2.24, 2.45) is 0 Å². The number of carbonyl (C=O) groups is 1. The summed E-state index contributed by atoms with van der Waals surface area (Å²) in [6, 6.07) is 13.6. The van der Waals surface area contributed by atoms with Gasteiger partial charge >= 0.3 is 0 Å². The van der Waals surface area contributed by atoms with Gasteiger partial charge in [0.05, 0.1) is 13.2 Å². The Hall–Kier alpha value is -3.08. The number of rotatable bonds is 5. The van der Waals surface area contributed by atoms with E-state index in [-0.39, 0.29) is 17.8 Å². The van der Waals surface area contributed by atoms with E-state index in [0.29, 0.717) is 5.76 Å². The van der Waals surface area contributed by atoms with E-state index >= 15 is 0 Å². The van der Waals surface area contributed by atoms with Crippen LogP contribution in [0.15, 0.2) is 72.6 Å². The van der Waals surface area contributed by atoms with E-state index in [1.807, 2.05) is 55.4 Å². The van der Waals surface area contributed by atoms with Crippen LogP contribution < -0.4 is 5.32 Å². The molecule has 2 unspecified atom stereocenters. The number of methoxy groups -OCH3 is 1.